The van der Waals surface area contributed by atoms with Crippen molar-refractivity contribution in [2.45, 2.75) is 0 Å². The molecule has 1 aromatic heterocycles. The van der Waals surface area contributed by atoms with E-state index in [1.807, 2.05) is 0 Å². The lowest BCUT2D eigenvalue weighted by Crippen LogP contribution is -1.72. The first-order valence-electron chi connectivity index (χ1n) is 3.62. The number of aromatic amines is 1. The van der Waals surface area contributed by atoms with Crippen LogP contribution in [0.3, 0.4) is 0 Å². The van der Waals surface area contributed by atoms with Crippen molar-refractivity contribution in [2.75, 3.05) is 11.5 Å². The highest BCUT2D eigenvalue weighted by molar-refractivity contribution is 8.08. The summed E-state index contributed by atoms with van der Waals surface area (Å²) in [6.07, 6.45) is 15.0. The minimum atomic E-state index is 0.567. The van der Waals surface area contributed by atoms with Crippen LogP contribution in [0, 0.1) is 24.7 Å². The minimum absolute atomic E-state index is 0.567. The third-order valence-corrected chi connectivity index (χ3v) is 2.13. The molecule has 0 bridgehead atoms. The van der Waals surface area contributed by atoms with Crippen LogP contribution >= 0.6 is 24.1 Å². The molecule has 0 aliphatic heterocycles. The zero-order valence-corrected chi connectivity index (χ0v) is 9.11. The second kappa shape index (κ2) is 12.0. The van der Waals surface area contributed by atoms with Crippen LogP contribution in [0.4, 0.5) is 0 Å². The summed E-state index contributed by atoms with van der Waals surface area (Å²) >= 11 is 2.45. The van der Waals surface area contributed by atoms with Crippen molar-refractivity contribution in [2.24, 2.45) is 0 Å². The van der Waals surface area contributed by atoms with Crippen LogP contribution in [-0.2, 0) is 3.63 Å². The first-order valence-corrected chi connectivity index (χ1v) is 5.44. The van der Waals surface area contributed by atoms with Crippen LogP contribution in [-0.4, -0.2) is 21.5 Å². The summed E-state index contributed by atoms with van der Waals surface area (Å²) in [7, 11) is 0. The van der Waals surface area contributed by atoms with Crippen molar-refractivity contribution >= 4 is 24.1 Å². The summed E-state index contributed by atoms with van der Waals surface area (Å²) in [5, 5.41) is 0. The number of aromatic nitrogens is 2. The average molecular weight is 226 g/mol. The van der Waals surface area contributed by atoms with Crippen molar-refractivity contribution < 1.29 is 3.63 Å². The summed E-state index contributed by atoms with van der Waals surface area (Å²) in [5.74, 6) is 5.97. The SMILES string of the molecule is C#CCSOSCC#C.c1c[nH]cn1. The number of H-pyrrole nitrogens is 1. The van der Waals surface area contributed by atoms with Crippen LogP contribution in [0.25, 0.3) is 0 Å². The molecule has 3 nitrogen and oxygen atoms in total. The Morgan fingerprint density at radius 3 is 2.21 bits per heavy atom. The molecule has 1 aromatic rings. The number of imidazole rings is 1. The molecule has 0 aliphatic rings. The lowest BCUT2D eigenvalue weighted by molar-refractivity contribution is 0.764. The van der Waals surface area contributed by atoms with Gasteiger partial charge in [-0.25, -0.2) is 8.61 Å². The molecule has 0 aromatic carbocycles. The largest absolute Gasteiger partial charge is 0.351 e. The van der Waals surface area contributed by atoms with E-state index in [9.17, 15) is 0 Å². The van der Waals surface area contributed by atoms with Crippen molar-refractivity contribution in [1.82, 2.24) is 9.97 Å². The third kappa shape index (κ3) is 11.0. The van der Waals surface area contributed by atoms with Gasteiger partial charge in [0.2, 0.25) is 0 Å². The van der Waals surface area contributed by atoms with Crippen LogP contribution in [0.5, 0.6) is 0 Å². The van der Waals surface area contributed by atoms with E-state index in [4.69, 9.17) is 16.5 Å². The molecule has 5 heteroatoms. The Morgan fingerprint density at radius 2 is 1.93 bits per heavy atom. The maximum absolute atomic E-state index is 4.94. The molecule has 0 amide bonds. The van der Waals surface area contributed by atoms with Gasteiger partial charge in [-0.05, 0) is 0 Å². The molecular weight excluding hydrogens is 216 g/mol. The van der Waals surface area contributed by atoms with Crippen LogP contribution in [0.1, 0.15) is 0 Å². The molecule has 0 unspecified atom stereocenters. The van der Waals surface area contributed by atoms with Gasteiger partial charge in [0.15, 0.2) is 0 Å². The highest BCUT2D eigenvalue weighted by Crippen LogP contribution is 2.12. The molecular formula is C9H10N2OS2. The molecule has 1 N–H and O–H groups in total. The molecule has 14 heavy (non-hydrogen) atoms. The Morgan fingerprint density at radius 1 is 1.29 bits per heavy atom. The molecule has 74 valence electrons. The summed E-state index contributed by atoms with van der Waals surface area (Å²) < 4.78 is 4.86. The second-order valence-electron chi connectivity index (χ2n) is 1.76. The van der Waals surface area contributed by atoms with Gasteiger partial charge >= 0.3 is 0 Å². The minimum Gasteiger partial charge on any atom is -0.351 e. The molecule has 0 saturated carbocycles. The molecule has 0 atom stereocenters. The Bertz CT molecular complexity index is 241. The van der Waals surface area contributed by atoms with Gasteiger partial charge in [0.25, 0.3) is 0 Å². The van der Waals surface area contributed by atoms with Gasteiger partial charge in [0.1, 0.15) is 0 Å². The van der Waals surface area contributed by atoms with E-state index in [2.05, 4.69) is 21.8 Å². The zero-order chi connectivity index (χ0) is 10.5. The first kappa shape index (κ1) is 13.0. The maximum Gasteiger partial charge on any atom is 0.0919 e. The van der Waals surface area contributed by atoms with Gasteiger partial charge in [-0.3, -0.25) is 0 Å². The zero-order valence-electron chi connectivity index (χ0n) is 7.47. The Balaban J connectivity index is 0.000000280. The maximum atomic E-state index is 4.94. The fraction of sp³-hybridized carbons (Fsp3) is 0.222. The molecule has 1 heterocycles. The Labute approximate surface area is 92.8 Å². The van der Waals surface area contributed by atoms with Crippen molar-refractivity contribution in [3.63, 3.8) is 0 Å². The Hall–Kier alpha value is -1.01. The molecule has 0 spiro atoms. The molecule has 0 saturated heterocycles. The Kier molecular flexibility index (Phi) is 11.1. The predicted molar refractivity (Wildman–Crippen MR) is 62.3 cm³/mol. The lowest BCUT2D eigenvalue weighted by atomic mass is 10.8. The normalized spacial score (nSPS) is 7.86. The fourth-order valence-electron chi connectivity index (χ4n) is 0.365. The van der Waals surface area contributed by atoms with Crippen molar-refractivity contribution in [3.05, 3.63) is 18.7 Å². The lowest BCUT2D eigenvalue weighted by Gasteiger charge is -1.91. The number of rotatable bonds is 4. The average Bonchev–Trinajstić information content (AvgIpc) is 2.76. The van der Waals surface area contributed by atoms with Gasteiger partial charge in [0, 0.05) is 36.5 Å². The molecule has 0 radical (unpaired) electrons. The fourth-order valence-corrected chi connectivity index (χ4v) is 1.16. The number of hydrogen-bond donors (Lipinski definition) is 1. The molecule has 1 rings (SSSR count). The monoisotopic (exact) mass is 226 g/mol. The van der Waals surface area contributed by atoms with Gasteiger partial charge < -0.3 is 4.98 Å². The van der Waals surface area contributed by atoms with Crippen LogP contribution < -0.4 is 0 Å². The number of terminal acetylenes is 2. The summed E-state index contributed by atoms with van der Waals surface area (Å²) in [4.78, 5) is 6.42. The van der Waals surface area contributed by atoms with Crippen LogP contribution in [0.15, 0.2) is 18.7 Å². The van der Waals surface area contributed by atoms with Crippen LogP contribution in [0.2, 0.25) is 0 Å². The summed E-state index contributed by atoms with van der Waals surface area (Å²) in [5.41, 5.74) is 0. The molecule has 0 fully saturated rings. The van der Waals surface area contributed by atoms with Crippen molar-refractivity contribution in [1.29, 1.82) is 0 Å². The van der Waals surface area contributed by atoms with E-state index in [1.165, 1.54) is 24.1 Å². The smallest absolute Gasteiger partial charge is 0.0919 e. The third-order valence-electron chi connectivity index (χ3n) is 0.787. The number of hydrogen-bond acceptors (Lipinski definition) is 4. The quantitative estimate of drug-likeness (QED) is 0.484. The van der Waals surface area contributed by atoms with Crippen molar-refractivity contribution in [3.8, 4) is 24.7 Å². The highest BCUT2D eigenvalue weighted by Gasteiger charge is 1.84. The summed E-state index contributed by atoms with van der Waals surface area (Å²) in [6, 6.07) is 0. The number of nitrogens with one attached hydrogen (secondary N) is 1. The van der Waals surface area contributed by atoms with Gasteiger partial charge in [0.05, 0.1) is 17.8 Å². The number of nitrogens with zero attached hydrogens (tertiary/aromatic N) is 1. The molecule has 0 aliphatic carbocycles. The van der Waals surface area contributed by atoms with Gasteiger partial charge in [-0.15, -0.1) is 12.8 Å². The van der Waals surface area contributed by atoms with Gasteiger partial charge in [-0.1, -0.05) is 11.8 Å². The van der Waals surface area contributed by atoms with E-state index in [0.29, 0.717) is 11.5 Å². The van der Waals surface area contributed by atoms with E-state index in [1.54, 1.807) is 18.7 Å². The first-order chi connectivity index (χ1) is 6.91. The van der Waals surface area contributed by atoms with E-state index in [-0.39, 0.29) is 0 Å². The van der Waals surface area contributed by atoms with E-state index in [0.717, 1.165) is 0 Å². The predicted octanol–water partition coefficient (Wildman–Crippen LogP) is 1.98. The standard InChI is InChI=1S/C6H6OS2.C3H4N2/c1-3-5-8-7-9-6-4-2;1-2-5-3-4-1/h1-2H,5-6H2;1-3H,(H,4,5). The van der Waals surface area contributed by atoms with E-state index >= 15 is 0 Å². The topological polar surface area (TPSA) is 37.9 Å². The highest BCUT2D eigenvalue weighted by atomic mass is 32.2. The second-order valence-corrected chi connectivity index (χ2v) is 3.35. The van der Waals surface area contributed by atoms with E-state index < -0.39 is 0 Å². The van der Waals surface area contributed by atoms with Gasteiger partial charge in [-0.2, -0.15) is 0 Å². The summed E-state index contributed by atoms with van der Waals surface area (Å²) in [6.45, 7) is 0.